The van der Waals surface area contributed by atoms with E-state index in [0.29, 0.717) is 0 Å². The molecule has 0 aliphatic carbocycles. The molecule has 0 spiro atoms. The Morgan fingerprint density at radius 1 is 1.29 bits per heavy atom. The molecule has 3 nitrogen and oxygen atoms in total. The maximum atomic E-state index is 11.3. The number of Topliss-reactive ketones (excluding diaryl/α,β-unsaturated/α-hetero) is 2. The highest BCUT2D eigenvalue weighted by Crippen LogP contribution is 2.13. The molecule has 0 aliphatic heterocycles. The molecule has 0 heterocycles. The standard InChI is InChI=1S/C10H9ClO3/c1-6(12)7-4-2-3-5-8(7)9(13)10(11)14/h2-5,10,14H,1H3. The van der Waals surface area contributed by atoms with Gasteiger partial charge in [0.1, 0.15) is 0 Å². The molecule has 4 heteroatoms. The maximum absolute atomic E-state index is 11.3. The zero-order valence-electron chi connectivity index (χ0n) is 7.53. The van der Waals surface area contributed by atoms with Crippen molar-refractivity contribution in [3.05, 3.63) is 35.4 Å². The van der Waals surface area contributed by atoms with Crippen molar-refractivity contribution in [2.24, 2.45) is 0 Å². The molecule has 1 atom stereocenters. The van der Waals surface area contributed by atoms with Gasteiger partial charge in [0.25, 0.3) is 0 Å². The van der Waals surface area contributed by atoms with Gasteiger partial charge in [-0.3, -0.25) is 9.59 Å². The summed E-state index contributed by atoms with van der Waals surface area (Å²) in [5.74, 6) is -0.885. The predicted octanol–water partition coefficient (Wildman–Crippen LogP) is 1.63. The monoisotopic (exact) mass is 212 g/mol. The number of carbonyl (C=O) groups is 2. The van der Waals surface area contributed by atoms with Crippen LogP contribution in [0.2, 0.25) is 0 Å². The van der Waals surface area contributed by atoms with Crippen LogP contribution < -0.4 is 0 Å². The third-order valence-corrected chi connectivity index (χ3v) is 1.99. The number of aliphatic hydroxyl groups is 1. The largest absolute Gasteiger partial charge is 0.371 e. The Morgan fingerprint density at radius 3 is 2.21 bits per heavy atom. The van der Waals surface area contributed by atoms with Crippen molar-refractivity contribution in [2.45, 2.75) is 12.5 Å². The number of rotatable bonds is 3. The van der Waals surface area contributed by atoms with Gasteiger partial charge in [-0.25, -0.2) is 0 Å². The van der Waals surface area contributed by atoms with Gasteiger partial charge in [0.15, 0.2) is 11.3 Å². The van der Waals surface area contributed by atoms with Crippen LogP contribution in [0.5, 0.6) is 0 Å². The van der Waals surface area contributed by atoms with Crippen molar-refractivity contribution in [2.75, 3.05) is 0 Å². The smallest absolute Gasteiger partial charge is 0.207 e. The van der Waals surface area contributed by atoms with Crippen molar-refractivity contribution in [1.82, 2.24) is 0 Å². The third-order valence-electron chi connectivity index (χ3n) is 1.79. The summed E-state index contributed by atoms with van der Waals surface area (Å²) in [5.41, 5.74) is -1.17. The molecule has 0 saturated heterocycles. The first kappa shape index (κ1) is 10.9. The summed E-state index contributed by atoms with van der Waals surface area (Å²) in [6.07, 6.45) is 0. The molecule has 14 heavy (non-hydrogen) atoms. The molecule has 0 bridgehead atoms. The minimum Gasteiger partial charge on any atom is -0.371 e. The third kappa shape index (κ3) is 2.19. The quantitative estimate of drug-likeness (QED) is 0.612. The van der Waals surface area contributed by atoms with Gasteiger partial charge < -0.3 is 5.11 Å². The summed E-state index contributed by atoms with van der Waals surface area (Å²) in [6.45, 7) is 1.35. The Morgan fingerprint density at radius 2 is 1.79 bits per heavy atom. The molecule has 0 saturated carbocycles. The van der Waals surface area contributed by atoms with Crippen LogP contribution in [0.3, 0.4) is 0 Å². The number of hydrogen-bond donors (Lipinski definition) is 1. The fourth-order valence-corrected chi connectivity index (χ4v) is 1.25. The number of aliphatic hydroxyl groups excluding tert-OH is 1. The lowest BCUT2D eigenvalue weighted by atomic mass is 10.0. The lowest BCUT2D eigenvalue weighted by molar-refractivity contribution is 0.0853. The van der Waals surface area contributed by atoms with Crippen molar-refractivity contribution in [3.63, 3.8) is 0 Å². The highest BCUT2D eigenvalue weighted by molar-refractivity contribution is 6.33. The number of alkyl halides is 1. The first-order chi connectivity index (χ1) is 6.54. The van der Waals surface area contributed by atoms with E-state index in [1.165, 1.54) is 19.1 Å². The maximum Gasteiger partial charge on any atom is 0.207 e. The van der Waals surface area contributed by atoms with E-state index in [-0.39, 0.29) is 16.9 Å². The molecule has 74 valence electrons. The van der Waals surface area contributed by atoms with Gasteiger partial charge in [0.05, 0.1) is 0 Å². The van der Waals surface area contributed by atoms with E-state index in [0.717, 1.165) is 0 Å². The van der Waals surface area contributed by atoms with Crippen LogP contribution in [0, 0.1) is 0 Å². The second-order valence-electron chi connectivity index (χ2n) is 2.80. The normalized spacial score (nSPS) is 12.2. The average Bonchev–Trinajstić information content (AvgIpc) is 2.16. The molecule has 1 aromatic rings. The number of benzene rings is 1. The fraction of sp³-hybridized carbons (Fsp3) is 0.200. The molecule has 0 radical (unpaired) electrons. The Kier molecular flexibility index (Phi) is 3.38. The minimum atomic E-state index is -1.60. The molecule has 1 N–H and O–H groups in total. The van der Waals surface area contributed by atoms with Crippen LogP contribution in [0.25, 0.3) is 0 Å². The van der Waals surface area contributed by atoms with Crippen molar-refractivity contribution in [3.8, 4) is 0 Å². The number of hydrogen-bond acceptors (Lipinski definition) is 3. The molecule has 0 amide bonds. The number of ketones is 2. The van der Waals surface area contributed by atoms with Crippen molar-refractivity contribution < 1.29 is 14.7 Å². The van der Waals surface area contributed by atoms with Crippen molar-refractivity contribution >= 4 is 23.2 Å². The Hall–Kier alpha value is -1.19. The molecule has 1 unspecified atom stereocenters. The summed E-state index contributed by atoms with van der Waals surface area (Å²) in [6, 6.07) is 6.24. The average molecular weight is 213 g/mol. The summed E-state index contributed by atoms with van der Waals surface area (Å²) in [7, 11) is 0. The van der Waals surface area contributed by atoms with Crippen molar-refractivity contribution in [1.29, 1.82) is 0 Å². The lowest BCUT2D eigenvalue weighted by Gasteiger charge is -2.05. The Labute approximate surface area is 86.3 Å². The summed E-state index contributed by atoms with van der Waals surface area (Å²) < 4.78 is 0. The predicted molar refractivity (Wildman–Crippen MR) is 52.6 cm³/mol. The lowest BCUT2D eigenvalue weighted by Crippen LogP contribution is -2.16. The highest BCUT2D eigenvalue weighted by Gasteiger charge is 2.18. The molecule has 0 fully saturated rings. The zero-order valence-corrected chi connectivity index (χ0v) is 8.28. The minimum absolute atomic E-state index is 0.155. The van der Waals surface area contributed by atoms with Crippen LogP contribution in [0.15, 0.2) is 24.3 Å². The zero-order chi connectivity index (χ0) is 10.7. The highest BCUT2D eigenvalue weighted by atomic mass is 35.5. The fourth-order valence-electron chi connectivity index (χ4n) is 1.13. The van der Waals surface area contributed by atoms with Crippen LogP contribution in [-0.4, -0.2) is 22.2 Å². The molecular weight excluding hydrogens is 204 g/mol. The topological polar surface area (TPSA) is 54.4 Å². The molecule has 0 aromatic heterocycles. The van der Waals surface area contributed by atoms with E-state index in [1.54, 1.807) is 12.1 Å². The van der Waals surface area contributed by atoms with Gasteiger partial charge in [0, 0.05) is 11.1 Å². The molecular formula is C10H9ClO3. The van der Waals surface area contributed by atoms with E-state index >= 15 is 0 Å². The molecule has 1 rings (SSSR count). The molecule has 0 aliphatic rings. The van der Waals surface area contributed by atoms with Gasteiger partial charge in [-0.05, 0) is 6.92 Å². The van der Waals surface area contributed by atoms with E-state index < -0.39 is 11.3 Å². The summed E-state index contributed by atoms with van der Waals surface area (Å²) in [5, 5.41) is 8.89. The first-order valence-corrected chi connectivity index (χ1v) is 4.44. The van der Waals surface area contributed by atoms with E-state index in [1.807, 2.05) is 0 Å². The number of halogens is 1. The van der Waals surface area contributed by atoms with Crippen LogP contribution in [-0.2, 0) is 0 Å². The number of carbonyl (C=O) groups excluding carboxylic acids is 2. The Balaban J connectivity index is 3.20. The van der Waals surface area contributed by atoms with Gasteiger partial charge in [-0.2, -0.15) is 0 Å². The van der Waals surface area contributed by atoms with E-state index in [9.17, 15) is 9.59 Å². The summed E-state index contributed by atoms with van der Waals surface area (Å²) in [4.78, 5) is 22.5. The summed E-state index contributed by atoms with van der Waals surface area (Å²) >= 11 is 5.23. The van der Waals surface area contributed by atoms with Crippen LogP contribution >= 0.6 is 11.6 Å². The SMILES string of the molecule is CC(=O)c1ccccc1C(=O)C(O)Cl. The van der Waals surface area contributed by atoms with Crippen LogP contribution in [0.1, 0.15) is 27.6 Å². The van der Waals surface area contributed by atoms with Gasteiger partial charge >= 0.3 is 0 Å². The second kappa shape index (κ2) is 4.35. The first-order valence-electron chi connectivity index (χ1n) is 4.00. The van der Waals surface area contributed by atoms with E-state index in [4.69, 9.17) is 16.7 Å². The van der Waals surface area contributed by atoms with Crippen LogP contribution in [0.4, 0.5) is 0 Å². The van der Waals surface area contributed by atoms with E-state index in [2.05, 4.69) is 0 Å². The second-order valence-corrected chi connectivity index (χ2v) is 3.22. The van der Waals surface area contributed by atoms with Gasteiger partial charge in [0.2, 0.25) is 5.78 Å². The molecule has 1 aromatic carbocycles. The Bertz CT molecular complexity index is 371. The van der Waals surface area contributed by atoms with Gasteiger partial charge in [-0.1, -0.05) is 35.9 Å². The van der Waals surface area contributed by atoms with Gasteiger partial charge in [-0.15, -0.1) is 0 Å².